The molecule has 1 heterocycles. The molecular weight excluding hydrogens is 374 g/mol. The number of carbonyl (C=O) groups is 1. The number of amides is 1. The molecule has 3 rings (SSSR count). The summed E-state index contributed by atoms with van der Waals surface area (Å²) in [5.74, 6) is -0.198. The third-order valence-corrected chi connectivity index (χ3v) is 4.14. The smallest absolute Gasteiger partial charge is 0.349 e. The molecule has 0 saturated carbocycles. The van der Waals surface area contributed by atoms with E-state index in [1.165, 1.54) is 6.07 Å². The van der Waals surface area contributed by atoms with Crippen molar-refractivity contribution in [3.63, 3.8) is 0 Å². The maximum absolute atomic E-state index is 11.8. The standard InChI is InChI=1S/C18H14BrNO4/c1-10-15(23-9-11-3-2-4-13(19)7-11)6-5-12-8-14(17(20)21)18(22)24-16(10)12/h2-8H,9H2,1H3,(H2,20,21). The number of primary amides is 1. The molecular formula is C18H14BrNO4. The minimum absolute atomic E-state index is 0.162. The van der Waals surface area contributed by atoms with Crippen molar-refractivity contribution in [3.8, 4) is 5.75 Å². The van der Waals surface area contributed by atoms with E-state index in [0.717, 1.165) is 10.0 Å². The number of hydrogen-bond donors (Lipinski definition) is 1. The monoisotopic (exact) mass is 387 g/mol. The van der Waals surface area contributed by atoms with Crippen LogP contribution in [0.2, 0.25) is 0 Å². The number of ether oxygens (including phenoxy) is 1. The fourth-order valence-corrected chi connectivity index (χ4v) is 2.87. The zero-order chi connectivity index (χ0) is 17.3. The molecule has 24 heavy (non-hydrogen) atoms. The highest BCUT2D eigenvalue weighted by Gasteiger charge is 2.14. The molecule has 3 aromatic rings. The van der Waals surface area contributed by atoms with E-state index in [0.29, 0.717) is 28.9 Å². The Morgan fingerprint density at radius 1 is 1.25 bits per heavy atom. The van der Waals surface area contributed by atoms with Gasteiger partial charge in [0.05, 0.1) is 0 Å². The second-order valence-corrected chi connectivity index (χ2v) is 6.25. The van der Waals surface area contributed by atoms with Gasteiger partial charge in [-0.1, -0.05) is 28.1 Å². The maximum Gasteiger partial charge on any atom is 0.349 e. The van der Waals surface area contributed by atoms with Gasteiger partial charge in [0, 0.05) is 15.4 Å². The summed E-state index contributed by atoms with van der Waals surface area (Å²) in [6, 6.07) is 12.7. The molecule has 0 aliphatic rings. The molecule has 122 valence electrons. The maximum atomic E-state index is 11.8. The Morgan fingerprint density at radius 3 is 2.75 bits per heavy atom. The number of aryl methyl sites for hydroxylation is 1. The van der Waals surface area contributed by atoms with E-state index in [9.17, 15) is 9.59 Å². The summed E-state index contributed by atoms with van der Waals surface area (Å²) >= 11 is 3.42. The topological polar surface area (TPSA) is 82.5 Å². The van der Waals surface area contributed by atoms with Crippen LogP contribution in [-0.4, -0.2) is 5.91 Å². The highest BCUT2D eigenvalue weighted by Crippen LogP contribution is 2.27. The normalized spacial score (nSPS) is 10.8. The van der Waals surface area contributed by atoms with Gasteiger partial charge in [-0.15, -0.1) is 0 Å². The lowest BCUT2D eigenvalue weighted by Gasteiger charge is -2.11. The highest BCUT2D eigenvalue weighted by molar-refractivity contribution is 9.10. The Kier molecular flexibility index (Phi) is 4.40. The van der Waals surface area contributed by atoms with Crippen LogP contribution in [0, 0.1) is 6.92 Å². The van der Waals surface area contributed by atoms with Gasteiger partial charge in [-0.3, -0.25) is 4.79 Å². The largest absolute Gasteiger partial charge is 0.488 e. The van der Waals surface area contributed by atoms with Crippen molar-refractivity contribution in [1.29, 1.82) is 0 Å². The minimum Gasteiger partial charge on any atom is -0.488 e. The van der Waals surface area contributed by atoms with E-state index in [1.807, 2.05) is 24.3 Å². The average Bonchev–Trinajstić information content (AvgIpc) is 2.54. The van der Waals surface area contributed by atoms with Gasteiger partial charge in [0.2, 0.25) is 0 Å². The summed E-state index contributed by atoms with van der Waals surface area (Å²) in [4.78, 5) is 23.1. The van der Waals surface area contributed by atoms with Crippen LogP contribution in [0.4, 0.5) is 0 Å². The van der Waals surface area contributed by atoms with E-state index >= 15 is 0 Å². The average molecular weight is 388 g/mol. The van der Waals surface area contributed by atoms with E-state index < -0.39 is 11.5 Å². The predicted molar refractivity (Wildman–Crippen MR) is 94.2 cm³/mol. The second-order valence-electron chi connectivity index (χ2n) is 5.34. The molecule has 1 aromatic heterocycles. The van der Waals surface area contributed by atoms with Crippen molar-refractivity contribution in [2.24, 2.45) is 5.73 Å². The van der Waals surface area contributed by atoms with Gasteiger partial charge in [0.25, 0.3) is 5.91 Å². The molecule has 6 heteroatoms. The van der Waals surface area contributed by atoms with E-state index in [1.54, 1.807) is 19.1 Å². The summed E-state index contributed by atoms with van der Waals surface area (Å²) in [7, 11) is 0. The first-order valence-electron chi connectivity index (χ1n) is 7.20. The fourth-order valence-electron chi connectivity index (χ4n) is 2.42. The molecule has 0 radical (unpaired) electrons. The first kappa shape index (κ1) is 16.3. The molecule has 0 unspecified atom stereocenters. The predicted octanol–water partition coefficient (Wildman–Crippen LogP) is 3.54. The van der Waals surface area contributed by atoms with Crippen LogP contribution in [0.5, 0.6) is 5.75 Å². The summed E-state index contributed by atoms with van der Waals surface area (Å²) < 4.78 is 12.1. The van der Waals surface area contributed by atoms with Gasteiger partial charge in [-0.25, -0.2) is 4.79 Å². The summed E-state index contributed by atoms with van der Waals surface area (Å²) in [5, 5.41) is 0.621. The molecule has 0 saturated heterocycles. The van der Waals surface area contributed by atoms with Crippen molar-refractivity contribution >= 4 is 32.8 Å². The van der Waals surface area contributed by atoms with Crippen LogP contribution in [0.25, 0.3) is 11.0 Å². The van der Waals surface area contributed by atoms with Gasteiger partial charge < -0.3 is 14.9 Å². The number of hydrogen-bond acceptors (Lipinski definition) is 4. The third kappa shape index (κ3) is 3.19. The van der Waals surface area contributed by atoms with Gasteiger partial charge in [0.1, 0.15) is 23.5 Å². The summed E-state index contributed by atoms with van der Waals surface area (Å²) in [6.45, 7) is 2.18. The van der Waals surface area contributed by atoms with Crippen molar-refractivity contribution in [1.82, 2.24) is 0 Å². The SMILES string of the molecule is Cc1c(OCc2cccc(Br)c2)ccc2cc(C(N)=O)c(=O)oc12. The van der Waals surface area contributed by atoms with Gasteiger partial charge in [-0.05, 0) is 42.8 Å². The number of rotatable bonds is 4. The minimum atomic E-state index is -0.807. The molecule has 0 atom stereocenters. The van der Waals surface area contributed by atoms with Crippen LogP contribution >= 0.6 is 15.9 Å². The Morgan fingerprint density at radius 2 is 2.04 bits per heavy atom. The molecule has 0 aliphatic heterocycles. The van der Waals surface area contributed by atoms with Crippen molar-refractivity contribution < 1.29 is 13.9 Å². The second kappa shape index (κ2) is 6.49. The van der Waals surface area contributed by atoms with E-state index in [4.69, 9.17) is 14.9 Å². The first-order valence-corrected chi connectivity index (χ1v) is 7.99. The van der Waals surface area contributed by atoms with Crippen molar-refractivity contribution in [3.05, 3.63) is 74.0 Å². The zero-order valence-electron chi connectivity index (χ0n) is 12.8. The van der Waals surface area contributed by atoms with Crippen LogP contribution in [0.1, 0.15) is 21.5 Å². The summed E-state index contributed by atoms with van der Waals surface area (Å²) in [5.41, 5.74) is 6.35. The van der Waals surface area contributed by atoms with E-state index in [-0.39, 0.29) is 5.56 Å². The van der Waals surface area contributed by atoms with Crippen LogP contribution in [-0.2, 0) is 6.61 Å². The lowest BCUT2D eigenvalue weighted by molar-refractivity contribution is 0.0997. The Balaban J connectivity index is 1.95. The van der Waals surface area contributed by atoms with Crippen molar-refractivity contribution in [2.75, 3.05) is 0 Å². The zero-order valence-corrected chi connectivity index (χ0v) is 14.4. The molecule has 0 spiro atoms. The van der Waals surface area contributed by atoms with Gasteiger partial charge in [-0.2, -0.15) is 0 Å². The van der Waals surface area contributed by atoms with Crippen LogP contribution < -0.4 is 16.1 Å². The Bertz CT molecular complexity index is 994. The van der Waals surface area contributed by atoms with Crippen LogP contribution in [0.3, 0.4) is 0 Å². The molecule has 2 N–H and O–H groups in total. The fraction of sp³-hybridized carbons (Fsp3) is 0.111. The van der Waals surface area contributed by atoms with Gasteiger partial charge >= 0.3 is 5.63 Å². The molecule has 0 bridgehead atoms. The van der Waals surface area contributed by atoms with E-state index in [2.05, 4.69) is 15.9 Å². The Labute approximate surface area is 146 Å². The number of benzene rings is 2. The number of carbonyl (C=O) groups excluding carboxylic acids is 1. The number of fused-ring (bicyclic) bond motifs is 1. The van der Waals surface area contributed by atoms with Crippen LogP contribution in [0.15, 0.2) is 56.1 Å². The molecule has 0 fully saturated rings. The molecule has 5 nitrogen and oxygen atoms in total. The third-order valence-electron chi connectivity index (χ3n) is 3.65. The van der Waals surface area contributed by atoms with Crippen molar-refractivity contribution in [2.45, 2.75) is 13.5 Å². The quantitative estimate of drug-likeness (QED) is 0.693. The number of nitrogens with two attached hydrogens (primary N) is 1. The molecule has 2 aromatic carbocycles. The molecule has 1 amide bonds. The number of halogens is 1. The summed E-state index contributed by atoms with van der Waals surface area (Å²) in [6.07, 6.45) is 0. The highest BCUT2D eigenvalue weighted by atomic mass is 79.9. The lowest BCUT2D eigenvalue weighted by atomic mass is 10.1. The lowest BCUT2D eigenvalue weighted by Crippen LogP contribution is -2.20. The Hall–Kier alpha value is -2.60. The van der Waals surface area contributed by atoms with Gasteiger partial charge in [0.15, 0.2) is 0 Å². The molecule has 0 aliphatic carbocycles. The first-order chi connectivity index (χ1) is 11.5.